The number of carbonyl (C=O) groups excluding carboxylic acids is 2. The predicted octanol–water partition coefficient (Wildman–Crippen LogP) is 5.54. The molecule has 3 rings (SSSR count). The Hall–Kier alpha value is -2.36. The maximum absolute atomic E-state index is 13.7. The summed E-state index contributed by atoms with van der Waals surface area (Å²) in [5, 5.41) is 2.77. The van der Waals surface area contributed by atoms with Gasteiger partial charge in [0.25, 0.3) is 0 Å². The Morgan fingerprint density at radius 3 is 2.26 bits per heavy atom. The summed E-state index contributed by atoms with van der Waals surface area (Å²) in [4.78, 5) is 24.5. The van der Waals surface area contributed by atoms with Crippen molar-refractivity contribution in [2.75, 3.05) is 11.5 Å². The molecule has 0 aliphatic carbocycles. The summed E-state index contributed by atoms with van der Waals surface area (Å²) in [7, 11) is -3.06. The van der Waals surface area contributed by atoms with E-state index < -0.39 is 33.9 Å². The molecule has 11 heteroatoms. The number of alkyl halides is 3. The number of sulfone groups is 1. The molecule has 1 aliphatic rings. The molecule has 1 unspecified atom stereocenters. The highest BCUT2D eigenvalue weighted by Crippen LogP contribution is 2.38. The third-order valence-electron chi connectivity index (χ3n) is 5.48. The van der Waals surface area contributed by atoms with Gasteiger partial charge in [-0.3, -0.25) is 9.59 Å². The van der Waals surface area contributed by atoms with Crippen molar-refractivity contribution < 1.29 is 31.2 Å². The van der Waals surface area contributed by atoms with E-state index in [4.69, 9.17) is 23.2 Å². The van der Waals surface area contributed by atoms with Gasteiger partial charge in [0.15, 0.2) is 15.6 Å². The van der Waals surface area contributed by atoms with Gasteiger partial charge in [0.05, 0.1) is 23.5 Å². The normalized spacial score (nSPS) is 16.6. The molecular formula is C24H22Cl2F3NO4S. The quantitative estimate of drug-likeness (QED) is 0.440. The smallest absolute Gasteiger partial charge is 0.351 e. The number of hydrogen-bond donors (Lipinski definition) is 1. The zero-order valence-corrected chi connectivity index (χ0v) is 20.9. The van der Waals surface area contributed by atoms with Gasteiger partial charge in [-0.25, -0.2) is 8.42 Å². The van der Waals surface area contributed by atoms with Crippen molar-refractivity contribution in [3.63, 3.8) is 0 Å². The number of amides is 1. The molecule has 1 saturated heterocycles. The molecule has 1 atom stereocenters. The van der Waals surface area contributed by atoms with Crippen molar-refractivity contribution >= 4 is 50.8 Å². The summed E-state index contributed by atoms with van der Waals surface area (Å²) in [5.74, 6) is -2.82. The zero-order valence-electron chi connectivity index (χ0n) is 18.5. The van der Waals surface area contributed by atoms with Crippen molar-refractivity contribution in [1.82, 2.24) is 5.32 Å². The van der Waals surface area contributed by atoms with E-state index in [-0.39, 0.29) is 45.7 Å². The summed E-state index contributed by atoms with van der Waals surface area (Å²) >= 11 is 11.7. The van der Waals surface area contributed by atoms with Gasteiger partial charge >= 0.3 is 6.18 Å². The molecule has 0 spiro atoms. The lowest BCUT2D eigenvalue weighted by atomic mass is 9.95. The number of Topliss-reactive ketones (excluding diaryl/α,β-unsaturated/α-hetero) is 1. The van der Waals surface area contributed by atoms with E-state index in [1.165, 1.54) is 36.4 Å². The molecule has 1 N–H and O–H groups in total. The Balaban J connectivity index is 1.66. The third kappa shape index (κ3) is 7.56. The Bertz CT molecular complexity index is 1240. The van der Waals surface area contributed by atoms with E-state index in [1.54, 1.807) is 13.0 Å². The van der Waals surface area contributed by atoms with Crippen LogP contribution in [0, 0.1) is 6.92 Å². The first-order valence-corrected chi connectivity index (χ1v) is 13.2. The van der Waals surface area contributed by atoms with Crippen LogP contribution >= 0.6 is 23.2 Å². The molecule has 2 aromatic rings. The van der Waals surface area contributed by atoms with E-state index >= 15 is 0 Å². The largest absolute Gasteiger partial charge is 0.399 e. The molecular weight excluding hydrogens is 526 g/mol. The van der Waals surface area contributed by atoms with Crippen molar-refractivity contribution in [3.8, 4) is 0 Å². The predicted molar refractivity (Wildman–Crippen MR) is 130 cm³/mol. The highest BCUT2D eigenvalue weighted by atomic mass is 35.5. The number of carbonyl (C=O) groups is 2. The second kappa shape index (κ2) is 10.7. The molecule has 1 amide bonds. The van der Waals surface area contributed by atoms with E-state index in [2.05, 4.69) is 5.32 Å². The minimum absolute atomic E-state index is 0.0764. The van der Waals surface area contributed by atoms with Crippen molar-refractivity contribution in [2.24, 2.45) is 0 Å². The fourth-order valence-electron chi connectivity index (χ4n) is 3.78. The SMILES string of the molecule is Cc1cc(/C=C/C(c2cc(Cl)cc(Cl)c2)C(F)(F)F)ccc1C(=O)CCC(=O)NC1CS(=O)(=O)C1. The third-order valence-corrected chi connectivity index (χ3v) is 7.74. The van der Waals surface area contributed by atoms with Crippen LogP contribution in [0.4, 0.5) is 13.2 Å². The molecule has 1 heterocycles. The Kier molecular flexibility index (Phi) is 8.34. The minimum atomic E-state index is -4.57. The topological polar surface area (TPSA) is 80.3 Å². The average Bonchev–Trinajstić information content (AvgIpc) is 2.69. The van der Waals surface area contributed by atoms with Crippen LogP contribution in [-0.4, -0.2) is 43.8 Å². The lowest BCUT2D eigenvalue weighted by Crippen LogP contribution is -2.52. The standard InChI is InChI=1S/C24H22Cl2F3NO4S/c1-14-8-15(3-5-21(24(27,28)29)16-9-17(25)11-18(26)10-16)2-4-20(14)22(31)6-7-23(32)30-19-12-35(33,34)13-19/h2-5,8-11,19,21H,6-7,12-13H2,1H3,(H,30,32)/b5-3+. The number of allylic oxidation sites excluding steroid dienone is 1. The molecule has 1 fully saturated rings. The van der Waals surface area contributed by atoms with Crippen molar-refractivity contribution in [2.45, 2.75) is 37.9 Å². The summed E-state index contributed by atoms with van der Waals surface area (Å²) < 4.78 is 63.3. The molecule has 188 valence electrons. The minimum Gasteiger partial charge on any atom is -0.351 e. The van der Waals surface area contributed by atoms with Gasteiger partial charge < -0.3 is 5.32 Å². The number of nitrogens with one attached hydrogen (secondary N) is 1. The monoisotopic (exact) mass is 547 g/mol. The maximum atomic E-state index is 13.7. The average molecular weight is 548 g/mol. The van der Waals surface area contributed by atoms with Crippen LogP contribution in [0.1, 0.15) is 45.8 Å². The van der Waals surface area contributed by atoms with Crippen LogP contribution < -0.4 is 5.32 Å². The van der Waals surface area contributed by atoms with Gasteiger partial charge in [0.1, 0.15) is 0 Å². The van der Waals surface area contributed by atoms with Crippen molar-refractivity contribution in [3.05, 3.63) is 74.8 Å². The van der Waals surface area contributed by atoms with E-state index in [1.807, 2.05) is 0 Å². The van der Waals surface area contributed by atoms with Crippen LogP contribution in [0.5, 0.6) is 0 Å². The van der Waals surface area contributed by atoms with Gasteiger partial charge in [0.2, 0.25) is 5.91 Å². The first kappa shape index (κ1) is 27.2. The zero-order chi connectivity index (χ0) is 26.0. The summed E-state index contributed by atoms with van der Waals surface area (Å²) in [6.45, 7) is 1.65. The van der Waals surface area contributed by atoms with Crippen molar-refractivity contribution in [1.29, 1.82) is 0 Å². The number of hydrogen-bond acceptors (Lipinski definition) is 4. The molecule has 0 radical (unpaired) electrons. The molecule has 2 aromatic carbocycles. The highest BCUT2D eigenvalue weighted by Gasteiger charge is 2.39. The summed E-state index contributed by atoms with van der Waals surface area (Å²) in [6.07, 6.45) is -2.42. The van der Waals surface area contributed by atoms with Crippen LogP contribution in [-0.2, 0) is 14.6 Å². The van der Waals surface area contributed by atoms with Crippen LogP contribution in [0.2, 0.25) is 10.0 Å². The number of aryl methyl sites for hydroxylation is 1. The highest BCUT2D eigenvalue weighted by molar-refractivity contribution is 7.92. The number of rotatable bonds is 8. The fraction of sp³-hybridized carbons (Fsp3) is 0.333. The number of benzene rings is 2. The van der Waals surface area contributed by atoms with Crippen LogP contribution in [0.15, 0.2) is 42.5 Å². The number of ketones is 1. The second-order valence-electron chi connectivity index (χ2n) is 8.42. The lowest BCUT2D eigenvalue weighted by Gasteiger charge is -2.26. The first-order chi connectivity index (χ1) is 16.2. The fourth-order valence-corrected chi connectivity index (χ4v) is 5.62. The molecule has 1 aliphatic heterocycles. The Labute approximate surface area is 211 Å². The molecule has 0 saturated carbocycles. The molecule has 0 aromatic heterocycles. The number of halogens is 5. The summed E-state index contributed by atoms with van der Waals surface area (Å²) in [5.41, 5.74) is 1.28. The Morgan fingerprint density at radius 1 is 1.09 bits per heavy atom. The van der Waals surface area contributed by atoms with Crippen LogP contribution in [0.3, 0.4) is 0 Å². The van der Waals surface area contributed by atoms with Crippen LogP contribution in [0.25, 0.3) is 6.08 Å². The van der Waals surface area contributed by atoms with E-state index in [0.29, 0.717) is 16.7 Å². The first-order valence-electron chi connectivity index (χ1n) is 10.6. The molecule has 5 nitrogen and oxygen atoms in total. The van der Waals surface area contributed by atoms with Gasteiger partial charge in [-0.05, 0) is 41.8 Å². The summed E-state index contributed by atoms with van der Waals surface area (Å²) in [6, 6.07) is 7.97. The van der Waals surface area contributed by atoms with Gasteiger partial charge in [0, 0.05) is 28.5 Å². The van der Waals surface area contributed by atoms with Gasteiger partial charge in [-0.2, -0.15) is 13.2 Å². The van der Waals surface area contributed by atoms with E-state index in [0.717, 1.165) is 6.08 Å². The molecule has 0 bridgehead atoms. The molecule has 35 heavy (non-hydrogen) atoms. The van der Waals surface area contributed by atoms with E-state index in [9.17, 15) is 31.2 Å². The van der Waals surface area contributed by atoms with Gasteiger partial charge in [-0.15, -0.1) is 0 Å². The second-order valence-corrected chi connectivity index (χ2v) is 11.4. The Morgan fingerprint density at radius 2 is 1.71 bits per heavy atom. The maximum Gasteiger partial charge on any atom is 0.399 e. The lowest BCUT2D eigenvalue weighted by molar-refractivity contribution is -0.139. The van der Waals surface area contributed by atoms with Gasteiger partial charge in [-0.1, -0.05) is 53.6 Å².